The van der Waals surface area contributed by atoms with Gasteiger partial charge >= 0.3 is 5.97 Å². The molecule has 2 heterocycles. The average molecular weight is 449 g/mol. The zero-order chi connectivity index (χ0) is 23.4. The van der Waals surface area contributed by atoms with Gasteiger partial charge in [0.1, 0.15) is 12.1 Å². The van der Waals surface area contributed by atoms with Gasteiger partial charge in [0.15, 0.2) is 0 Å². The van der Waals surface area contributed by atoms with E-state index in [0.717, 1.165) is 22.0 Å². The quantitative estimate of drug-likeness (QED) is 0.418. The van der Waals surface area contributed by atoms with Crippen molar-refractivity contribution in [2.24, 2.45) is 5.73 Å². The third-order valence-corrected chi connectivity index (χ3v) is 6.17. The lowest BCUT2D eigenvalue weighted by molar-refractivity contribution is -0.149. The molecule has 1 aliphatic heterocycles. The fraction of sp³-hybridized carbons (Fsp3) is 0.320. The first-order valence-electron chi connectivity index (χ1n) is 11.1. The van der Waals surface area contributed by atoms with Crippen LogP contribution in [0.25, 0.3) is 10.9 Å². The number of aromatic nitrogens is 1. The maximum Gasteiger partial charge on any atom is 0.326 e. The molecule has 0 aliphatic carbocycles. The van der Waals surface area contributed by atoms with Crippen molar-refractivity contribution in [1.29, 1.82) is 0 Å². The minimum absolute atomic E-state index is 0.258. The number of nitrogens with two attached hydrogens (primary N) is 1. The molecule has 4 rings (SSSR count). The summed E-state index contributed by atoms with van der Waals surface area (Å²) in [6.07, 6.45) is 3.44. The van der Waals surface area contributed by atoms with Crippen molar-refractivity contribution in [3.05, 3.63) is 71.9 Å². The Hall–Kier alpha value is -3.65. The summed E-state index contributed by atoms with van der Waals surface area (Å²) < 4.78 is 0. The van der Waals surface area contributed by atoms with Crippen molar-refractivity contribution in [1.82, 2.24) is 15.2 Å². The number of carbonyl (C=O) groups is 3. The number of H-pyrrole nitrogens is 1. The number of amides is 2. The first-order chi connectivity index (χ1) is 15.9. The fourth-order valence-corrected chi connectivity index (χ4v) is 4.45. The van der Waals surface area contributed by atoms with Crippen molar-refractivity contribution < 1.29 is 19.5 Å². The minimum Gasteiger partial charge on any atom is -0.480 e. The van der Waals surface area contributed by atoms with E-state index >= 15 is 0 Å². The second kappa shape index (κ2) is 9.87. The molecule has 8 heteroatoms. The van der Waals surface area contributed by atoms with E-state index in [1.54, 1.807) is 0 Å². The lowest BCUT2D eigenvalue weighted by atomic mass is 10.0. The molecule has 2 amide bonds. The van der Waals surface area contributed by atoms with Crippen molar-refractivity contribution >= 4 is 28.7 Å². The van der Waals surface area contributed by atoms with Crippen LogP contribution >= 0.6 is 0 Å². The molecule has 33 heavy (non-hydrogen) atoms. The van der Waals surface area contributed by atoms with E-state index in [1.807, 2.05) is 60.8 Å². The number of rotatable bonds is 8. The summed E-state index contributed by atoms with van der Waals surface area (Å²) in [5.41, 5.74) is 8.98. The Morgan fingerprint density at radius 1 is 1.09 bits per heavy atom. The second-order valence-electron chi connectivity index (χ2n) is 8.45. The van der Waals surface area contributed by atoms with Gasteiger partial charge in [-0.3, -0.25) is 9.59 Å². The molecule has 0 spiro atoms. The fourth-order valence-electron chi connectivity index (χ4n) is 4.45. The van der Waals surface area contributed by atoms with Crippen molar-refractivity contribution in [2.75, 3.05) is 6.54 Å². The van der Waals surface area contributed by atoms with E-state index in [1.165, 1.54) is 4.90 Å². The van der Waals surface area contributed by atoms with Crippen LogP contribution in [0.4, 0.5) is 0 Å². The van der Waals surface area contributed by atoms with E-state index in [-0.39, 0.29) is 6.42 Å². The topological polar surface area (TPSA) is 129 Å². The standard InChI is InChI=1S/C25H28N4O4/c26-19(14-17-15-27-20-10-5-4-9-18(17)20)23(30)28-21(13-16-7-2-1-3-8-16)24(31)29-12-6-11-22(29)25(32)33/h1-5,7-10,15,19,21-22,27H,6,11-14,26H2,(H,28,30)(H,32,33)/t19-,21-,22-/m0/s1. The number of hydrogen-bond donors (Lipinski definition) is 4. The van der Waals surface area contributed by atoms with Gasteiger partial charge in [0.2, 0.25) is 11.8 Å². The predicted octanol–water partition coefficient (Wildman–Crippen LogP) is 1.84. The highest BCUT2D eigenvalue weighted by atomic mass is 16.4. The predicted molar refractivity (Wildman–Crippen MR) is 124 cm³/mol. The molecule has 1 fully saturated rings. The lowest BCUT2D eigenvalue weighted by Crippen LogP contribution is -2.55. The molecule has 1 saturated heterocycles. The van der Waals surface area contributed by atoms with Crippen LogP contribution in [0.15, 0.2) is 60.8 Å². The lowest BCUT2D eigenvalue weighted by Gasteiger charge is -2.28. The number of carbonyl (C=O) groups excluding carboxylic acids is 2. The highest BCUT2D eigenvalue weighted by molar-refractivity contribution is 5.93. The van der Waals surface area contributed by atoms with Gasteiger partial charge < -0.3 is 26.0 Å². The van der Waals surface area contributed by atoms with Gasteiger partial charge in [0, 0.05) is 30.1 Å². The van der Waals surface area contributed by atoms with Gasteiger partial charge in [-0.2, -0.15) is 0 Å². The monoisotopic (exact) mass is 448 g/mol. The summed E-state index contributed by atoms with van der Waals surface area (Å²) in [4.78, 5) is 42.5. The van der Waals surface area contributed by atoms with Crippen LogP contribution in [0.2, 0.25) is 0 Å². The Morgan fingerprint density at radius 3 is 2.58 bits per heavy atom. The second-order valence-corrected chi connectivity index (χ2v) is 8.45. The summed E-state index contributed by atoms with van der Waals surface area (Å²) in [6, 6.07) is 14.5. The van der Waals surface area contributed by atoms with Gasteiger partial charge in [-0.15, -0.1) is 0 Å². The van der Waals surface area contributed by atoms with Crippen LogP contribution in [0.3, 0.4) is 0 Å². The van der Waals surface area contributed by atoms with Gasteiger partial charge in [-0.1, -0.05) is 48.5 Å². The molecule has 1 aromatic heterocycles. The molecule has 2 aromatic carbocycles. The Morgan fingerprint density at radius 2 is 1.82 bits per heavy atom. The highest BCUT2D eigenvalue weighted by Gasteiger charge is 2.38. The first kappa shape index (κ1) is 22.5. The Labute approximate surface area is 191 Å². The molecule has 0 unspecified atom stereocenters. The van der Waals surface area contributed by atoms with Crippen LogP contribution < -0.4 is 11.1 Å². The molecule has 0 radical (unpaired) electrons. The largest absolute Gasteiger partial charge is 0.480 e. The number of fused-ring (bicyclic) bond motifs is 1. The number of hydrogen-bond acceptors (Lipinski definition) is 4. The molecule has 0 bridgehead atoms. The number of benzene rings is 2. The average Bonchev–Trinajstić information content (AvgIpc) is 3.47. The molecule has 8 nitrogen and oxygen atoms in total. The molecule has 3 aromatic rings. The van der Waals surface area contributed by atoms with Crippen LogP contribution in [0, 0.1) is 0 Å². The van der Waals surface area contributed by atoms with Crippen molar-refractivity contribution in [2.45, 2.75) is 43.8 Å². The number of carboxylic acids is 1. The van der Waals surface area contributed by atoms with Gasteiger partial charge in [0.05, 0.1) is 6.04 Å². The number of nitrogens with one attached hydrogen (secondary N) is 2. The number of carboxylic acid groups (broad SMARTS) is 1. The molecular formula is C25H28N4O4. The third-order valence-electron chi connectivity index (χ3n) is 6.17. The number of aliphatic carboxylic acids is 1. The number of nitrogens with zero attached hydrogens (tertiary/aromatic N) is 1. The molecule has 3 atom stereocenters. The third kappa shape index (κ3) is 5.06. The van der Waals surface area contributed by atoms with E-state index < -0.39 is 35.9 Å². The normalized spacial score (nSPS) is 17.6. The Bertz CT molecular complexity index is 1140. The molecule has 0 saturated carbocycles. The van der Waals surface area contributed by atoms with Crippen LogP contribution in [0.5, 0.6) is 0 Å². The van der Waals surface area contributed by atoms with Crippen LogP contribution in [-0.4, -0.2) is 57.4 Å². The van der Waals surface area contributed by atoms with Crippen LogP contribution in [-0.2, 0) is 27.2 Å². The molecule has 1 aliphatic rings. The van der Waals surface area contributed by atoms with Crippen molar-refractivity contribution in [3.8, 4) is 0 Å². The highest BCUT2D eigenvalue weighted by Crippen LogP contribution is 2.21. The maximum absolute atomic E-state index is 13.3. The zero-order valence-electron chi connectivity index (χ0n) is 18.2. The molecular weight excluding hydrogens is 420 g/mol. The zero-order valence-corrected chi connectivity index (χ0v) is 18.2. The first-order valence-corrected chi connectivity index (χ1v) is 11.1. The molecule has 5 N–H and O–H groups in total. The Kier molecular flexibility index (Phi) is 6.74. The summed E-state index contributed by atoms with van der Waals surface area (Å²) in [5, 5.41) is 13.3. The number of aromatic amines is 1. The number of para-hydroxylation sites is 1. The van der Waals surface area contributed by atoms with E-state index in [0.29, 0.717) is 25.8 Å². The summed E-state index contributed by atoms with van der Waals surface area (Å²) in [6.45, 7) is 0.359. The van der Waals surface area contributed by atoms with E-state index in [9.17, 15) is 19.5 Å². The van der Waals surface area contributed by atoms with Gasteiger partial charge in [0.25, 0.3) is 0 Å². The van der Waals surface area contributed by atoms with Gasteiger partial charge in [-0.25, -0.2) is 4.79 Å². The SMILES string of the molecule is N[C@@H](Cc1c[nH]c2ccccc12)C(=O)N[C@@H](Cc1ccccc1)C(=O)N1CCC[C@H]1C(=O)O. The van der Waals surface area contributed by atoms with Crippen LogP contribution in [0.1, 0.15) is 24.0 Å². The van der Waals surface area contributed by atoms with Gasteiger partial charge in [-0.05, 0) is 36.5 Å². The summed E-state index contributed by atoms with van der Waals surface area (Å²) in [7, 11) is 0. The summed E-state index contributed by atoms with van der Waals surface area (Å²) >= 11 is 0. The Balaban J connectivity index is 1.50. The summed E-state index contributed by atoms with van der Waals surface area (Å²) in [5.74, 6) is -1.86. The smallest absolute Gasteiger partial charge is 0.326 e. The minimum atomic E-state index is -1.03. The van der Waals surface area contributed by atoms with E-state index in [2.05, 4.69) is 10.3 Å². The maximum atomic E-state index is 13.3. The molecule has 172 valence electrons. The number of likely N-dealkylation sites (tertiary alicyclic amines) is 1. The van der Waals surface area contributed by atoms with E-state index in [4.69, 9.17) is 5.73 Å². The van der Waals surface area contributed by atoms with Crippen molar-refractivity contribution in [3.63, 3.8) is 0 Å².